The number of thioether (sulfide) groups is 1. The molecular weight excluding hydrogens is 444 g/mol. The number of hydrogen-bond donors (Lipinski definition) is 1. The third-order valence-corrected chi connectivity index (χ3v) is 7.24. The molecule has 180 valence electrons. The van der Waals surface area contributed by atoms with Gasteiger partial charge in [0.05, 0.1) is 46.3 Å². The van der Waals surface area contributed by atoms with Crippen molar-refractivity contribution >= 4 is 17.7 Å². The predicted molar refractivity (Wildman–Crippen MR) is 128 cm³/mol. The maximum Gasteiger partial charge on any atom is 0.272 e. The van der Waals surface area contributed by atoms with Gasteiger partial charge in [0.1, 0.15) is 5.69 Å². The third-order valence-electron chi connectivity index (χ3n) is 6.04. The highest BCUT2D eigenvalue weighted by molar-refractivity contribution is 7.99. The fraction of sp³-hybridized carbons (Fsp3) is 0.565. The van der Waals surface area contributed by atoms with Crippen LogP contribution in [0.4, 0.5) is 0 Å². The number of aromatic nitrogens is 2. The summed E-state index contributed by atoms with van der Waals surface area (Å²) in [5, 5.41) is 7.37. The number of amides is 1. The molecule has 33 heavy (non-hydrogen) atoms. The third kappa shape index (κ3) is 5.39. The van der Waals surface area contributed by atoms with Gasteiger partial charge in [-0.25, -0.2) is 0 Å². The largest absolute Gasteiger partial charge is 0.493 e. The molecule has 1 aromatic heterocycles. The van der Waals surface area contributed by atoms with Crippen LogP contribution in [0.25, 0.3) is 11.3 Å². The molecule has 9 nitrogen and oxygen atoms in total. The molecule has 1 N–H and O–H groups in total. The highest BCUT2D eigenvalue weighted by Crippen LogP contribution is 2.40. The molecule has 1 amide bonds. The number of methoxy groups -OCH3 is 3. The Morgan fingerprint density at radius 2 is 1.85 bits per heavy atom. The van der Waals surface area contributed by atoms with Crippen molar-refractivity contribution in [1.82, 2.24) is 20.0 Å². The average molecular weight is 477 g/mol. The van der Waals surface area contributed by atoms with Gasteiger partial charge in [0.25, 0.3) is 5.91 Å². The Kier molecular flexibility index (Phi) is 8.00. The Morgan fingerprint density at radius 3 is 2.52 bits per heavy atom. The fourth-order valence-electron chi connectivity index (χ4n) is 4.29. The van der Waals surface area contributed by atoms with Crippen molar-refractivity contribution in [1.29, 1.82) is 0 Å². The smallest absolute Gasteiger partial charge is 0.272 e. The van der Waals surface area contributed by atoms with Gasteiger partial charge in [-0.1, -0.05) is 0 Å². The standard InChI is InChI=1S/C23H32N4O5S/c1-29-20-11-16(12-21(30-2)22(20)31-3)18-13-19(25-24-18)23(28)27-5-4-10-33-15-17(27)14-26-6-8-32-9-7-26/h11-13,17H,4-10,14-15H2,1-3H3,(H,24,25). The number of nitrogens with one attached hydrogen (secondary N) is 1. The van der Waals surface area contributed by atoms with Crippen LogP contribution in [-0.4, -0.2) is 104 Å². The Balaban J connectivity index is 1.56. The topological polar surface area (TPSA) is 89.2 Å². The molecular formula is C23H32N4O5S. The number of H-pyrrole nitrogens is 1. The molecule has 3 heterocycles. The number of hydrogen-bond acceptors (Lipinski definition) is 8. The quantitative estimate of drug-likeness (QED) is 0.652. The van der Waals surface area contributed by atoms with Gasteiger partial charge in [-0.3, -0.25) is 14.8 Å². The van der Waals surface area contributed by atoms with E-state index in [1.807, 2.05) is 28.8 Å². The lowest BCUT2D eigenvalue weighted by molar-refractivity contribution is 0.0244. The van der Waals surface area contributed by atoms with Crippen LogP contribution in [0.15, 0.2) is 18.2 Å². The van der Waals surface area contributed by atoms with E-state index in [9.17, 15) is 4.79 Å². The van der Waals surface area contributed by atoms with Gasteiger partial charge in [-0.2, -0.15) is 16.9 Å². The lowest BCUT2D eigenvalue weighted by atomic mass is 10.1. The van der Waals surface area contributed by atoms with E-state index in [0.717, 1.165) is 62.9 Å². The number of morpholine rings is 1. The molecule has 0 radical (unpaired) electrons. The Morgan fingerprint density at radius 1 is 1.12 bits per heavy atom. The number of aromatic amines is 1. The SMILES string of the molecule is COc1cc(-c2cc(C(=O)N3CCCSCC3CN3CCOCC3)[nH]n2)cc(OC)c1OC. The Hall–Kier alpha value is -2.43. The highest BCUT2D eigenvalue weighted by Gasteiger charge is 2.30. The maximum absolute atomic E-state index is 13.5. The summed E-state index contributed by atoms with van der Waals surface area (Å²) >= 11 is 1.93. The summed E-state index contributed by atoms with van der Waals surface area (Å²) < 4.78 is 21.8. The molecule has 2 aliphatic heterocycles. The van der Waals surface area contributed by atoms with Gasteiger partial charge in [-0.15, -0.1) is 0 Å². The molecule has 4 rings (SSSR count). The lowest BCUT2D eigenvalue weighted by Gasteiger charge is -2.35. The normalized spacial score (nSPS) is 19.7. The summed E-state index contributed by atoms with van der Waals surface area (Å²) in [6, 6.07) is 5.62. The molecule has 2 aromatic rings. The summed E-state index contributed by atoms with van der Waals surface area (Å²) in [6.07, 6.45) is 0.990. The second kappa shape index (κ2) is 11.1. The van der Waals surface area contributed by atoms with E-state index in [1.54, 1.807) is 27.4 Å². The van der Waals surface area contributed by atoms with Crippen molar-refractivity contribution in [2.24, 2.45) is 0 Å². The summed E-state index contributed by atoms with van der Waals surface area (Å²) in [6.45, 7) is 4.96. The van der Waals surface area contributed by atoms with Crippen LogP contribution in [0.2, 0.25) is 0 Å². The fourth-order valence-corrected chi connectivity index (χ4v) is 5.35. The highest BCUT2D eigenvalue weighted by atomic mass is 32.2. The molecule has 0 spiro atoms. The number of carbonyl (C=O) groups excluding carboxylic acids is 1. The molecule has 1 atom stereocenters. The monoisotopic (exact) mass is 476 g/mol. The number of rotatable bonds is 7. The van der Waals surface area contributed by atoms with Crippen molar-refractivity contribution in [3.63, 3.8) is 0 Å². The van der Waals surface area contributed by atoms with E-state index in [4.69, 9.17) is 18.9 Å². The minimum atomic E-state index is -0.0121. The summed E-state index contributed by atoms with van der Waals surface area (Å²) in [7, 11) is 4.72. The lowest BCUT2D eigenvalue weighted by Crippen LogP contribution is -2.50. The van der Waals surface area contributed by atoms with Gasteiger partial charge in [0.15, 0.2) is 11.5 Å². The molecule has 2 fully saturated rings. The summed E-state index contributed by atoms with van der Waals surface area (Å²) in [5.74, 6) is 3.60. The number of ether oxygens (including phenoxy) is 4. The first-order chi connectivity index (χ1) is 16.1. The van der Waals surface area contributed by atoms with Gasteiger partial charge in [0, 0.05) is 37.5 Å². The first kappa shape index (κ1) is 23.7. The maximum atomic E-state index is 13.5. The van der Waals surface area contributed by atoms with Crippen molar-refractivity contribution in [3.05, 3.63) is 23.9 Å². The van der Waals surface area contributed by atoms with Gasteiger partial charge in [0.2, 0.25) is 5.75 Å². The zero-order chi connectivity index (χ0) is 23.2. The van der Waals surface area contributed by atoms with Crippen molar-refractivity contribution in [3.8, 4) is 28.5 Å². The van der Waals surface area contributed by atoms with Crippen LogP contribution in [0.1, 0.15) is 16.9 Å². The number of benzene rings is 1. The van der Waals surface area contributed by atoms with E-state index < -0.39 is 0 Å². The van der Waals surface area contributed by atoms with Crippen molar-refractivity contribution in [2.45, 2.75) is 12.5 Å². The minimum absolute atomic E-state index is 0.0121. The van der Waals surface area contributed by atoms with Crippen LogP contribution < -0.4 is 14.2 Å². The first-order valence-electron chi connectivity index (χ1n) is 11.2. The molecule has 10 heteroatoms. The first-order valence-corrected chi connectivity index (χ1v) is 12.3. The summed E-state index contributed by atoms with van der Waals surface area (Å²) in [5.41, 5.74) is 1.90. The predicted octanol–water partition coefficient (Wildman–Crippen LogP) is 2.38. The van der Waals surface area contributed by atoms with E-state index in [0.29, 0.717) is 28.6 Å². The van der Waals surface area contributed by atoms with Crippen LogP contribution in [0.5, 0.6) is 17.2 Å². The molecule has 1 aromatic carbocycles. The van der Waals surface area contributed by atoms with E-state index >= 15 is 0 Å². The van der Waals surface area contributed by atoms with Crippen molar-refractivity contribution < 1.29 is 23.7 Å². The Labute approximate surface area is 198 Å². The second-order valence-electron chi connectivity index (χ2n) is 8.07. The Bertz CT molecular complexity index is 922. The van der Waals surface area contributed by atoms with Gasteiger partial charge < -0.3 is 23.8 Å². The molecule has 0 saturated carbocycles. The molecule has 0 aliphatic carbocycles. The van der Waals surface area contributed by atoms with Crippen LogP contribution in [0.3, 0.4) is 0 Å². The molecule has 2 saturated heterocycles. The van der Waals surface area contributed by atoms with Crippen LogP contribution >= 0.6 is 11.8 Å². The molecule has 2 aliphatic rings. The molecule has 0 bridgehead atoms. The zero-order valence-electron chi connectivity index (χ0n) is 19.5. The van der Waals surface area contributed by atoms with Gasteiger partial charge >= 0.3 is 0 Å². The summed E-state index contributed by atoms with van der Waals surface area (Å²) in [4.78, 5) is 17.9. The average Bonchev–Trinajstić information content (AvgIpc) is 3.24. The molecule has 1 unspecified atom stereocenters. The minimum Gasteiger partial charge on any atom is -0.493 e. The van der Waals surface area contributed by atoms with Crippen LogP contribution in [0, 0.1) is 0 Å². The zero-order valence-corrected chi connectivity index (χ0v) is 20.3. The van der Waals surface area contributed by atoms with Gasteiger partial charge in [-0.05, 0) is 30.4 Å². The van der Waals surface area contributed by atoms with Crippen LogP contribution in [-0.2, 0) is 4.74 Å². The number of carbonyl (C=O) groups is 1. The van der Waals surface area contributed by atoms with E-state index in [1.165, 1.54) is 0 Å². The van der Waals surface area contributed by atoms with E-state index in [-0.39, 0.29) is 11.9 Å². The second-order valence-corrected chi connectivity index (χ2v) is 9.22. The number of nitrogens with zero attached hydrogens (tertiary/aromatic N) is 3. The van der Waals surface area contributed by atoms with Crippen molar-refractivity contribution in [2.75, 3.05) is 72.2 Å². The van der Waals surface area contributed by atoms with E-state index in [2.05, 4.69) is 15.1 Å².